The first-order valence-corrected chi connectivity index (χ1v) is 12.0. The lowest BCUT2D eigenvalue weighted by molar-refractivity contribution is -0.130. The third-order valence-corrected chi connectivity index (χ3v) is 5.83. The van der Waals surface area contributed by atoms with Crippen molar-refractivity contribution in [3.63, 3.8) is 0 Å². The Morgan fingerprint density at radius 1 is 1.24 bits per heavy atom. The summed E-state index contributed by atoms with van der Waals surface area (Å²) >= 11 is 3.33. The average molecular weight is 436 g/mol. The van der Waals surface area contributed by atoms with E-state index in [0.717, 1.165) is 35.7 Å². The number of amides is 2. The van der Waals surface area contributed by atoms with Gasteiger partial charge in [0.05, 0.1) is 5.01 Å². The zero-order valence-corrected chi connectivity index (χ0v) is 18.6. The Bertz CT molecular complexity index is 753. The Balaban J connectivity index is 1.70. The zero-order valence-electron chi connectivity index (χ0n) is 17.0. The number of hydrogen-bond acceptors (Lipinski definition) is 6. The van der Waals surface area contributed by atoms with Gasteiger partial charge in [0.1, 0.15) is 11.8 Å². The molecule has 6 nitrogen and oxygen atoms in total. The van der Waals surface area contributed by atoms with Crippen molar-refractivity contribution in [1.29, 1.82) is 0 Å². The monoisotopic (exact) mass is 435 g/mol. The number of aryl methyl sites for hydroxylation is 2. The number of hydrogen-bond donors (Lipinski definition) is 2. The van der Waals surface area contributed by atoms with Crippen molar-refractivity contribution in [2.24, 2.45) is 0 Å². The number of ether oxygens (including phenoxy) is 1. The molecule has 1 aromatic carbocycles. The van der Waals surface area contributed by atoms with Crippen LogP contribution in [0.3, 0.4) is 0 Å². The van der Waals surface area contributed by atoms with E-state index in [9.17, 15) is 9.59 Å². The minimum absolute atomic E-state index is 0.111. The Labute approximate surface area is 180 Å². The number of para-hydroxylation sites is 1. The van der Waals surface area contributed by atoms with Crippen LogP contribution in [0, 0.1) is 6.92 Å². The number of thiazole rings is 1. The fraction of sp³-hybridized carbons (Fsp3) is 0.476. The van der Waals surface area contributed by atoms with E-state index in [1.54, 1.807) is 35.2 Å². The molecule has 2 amide bonds. The molecule has 0 aliphatic rings. The summed E-state index contributed by atoms with van der Waals surface area (Å²) in [6, 6.07) is 8.61. The molecule has 0 fully saturated rings. The van der Waals surface area contributed by atoms with Crippen LogP contribution in [0.4, 0.5) is 0 Å². The van der Waals surface area contributed by atoms with Crippen LogP contribution in [-0.4, -0.2) is 48.0 Å². The highest BCUT2D eigenvalue weighted by molar-refractivity contribution is 7.98. The molecule has 1 heterocycles. The lowest BCUT2D eigenvalue weighted by Gasteiger charge is -2.18. The molecule has 29 heavy (non-hydrogen) atoms. The molecule has 0 saturated carbocycles. The molecule has 0 radical (unpaired) electrons. The van der Waals surface area contributed by atoms with E-state index in [0.29, 0.717) is 18.7 Å². The van der Waals surface area contributed by atoms with Crippen LogP contribution < -0.4 is 15.4 Å². The van der Waals surface area contributed by atoms with Crippen molar-refractivity contribution >= 4 is 34.9 Å². The number of unbranched alkanes of at least 4 members (excludes halogenated alkanes) is 1. The number of benzene rings is 1. The second-order valence-corrected chi connectivity index (χ2v) is 8.56. The van der Waals surface area contributed by atoms with Gasteiger partial charge in [-0.1, -0.05) is 18.2 Å². The van der Waals surface area contributed by atoms with Crippen LogP contribution in [0.25, 0.3) is 0 Å². The van der Waals surface area contributed by atoms with Gasteiger partial charge in [-0.05, 0) is 56.7 Å². The molecule has 0 saturated heterocycles. The van der Waals surface area contributed by atoms with E-state index in [1.165, 1.54) is 0 Å². The fourth-order valence-corrected chi connectivity index (χ4v) is 3.95. The van der Waals surface area contributed by atoms with E-state index in [2.05, 4.69) is 21.0 Å². The maximum absolute atomic E-state index is 12.5. The molecule has 1 unspecified atom stereocenters. The van der Waals surface area contributed by atoms with Crippen molar-refractivity contribution in [3.8, 4) is 5.75 Å². The van der Waals surface area contributed by atoms with Gasteiger partial charge in [-0.25, -0.2) is 4.98 Å². The fourth-order valence-electron chi connectivity index (χ4n) is 2.66. The maximum atomic E-state index is 12.5. The highest BCUT2D eigenvalue weighted by atomic mass is 32.2. The molecule has 8 heteroatoms. The number of rotatable bonds is 13. The van der Waals surface area contributed by atoms with Gasteiger partial charge in [0, 0.05) is 17.6 Å². The minimum atomic E-state index is -0.545. The predicted molar refractivity (Wildman–Crippen MR) is 120 cm³/mol. The number of carbonyl (C=O) groups is 2. The topological polar surface area (TPSA) is 80.3 Å². The zero-order chi connectivity index (χ0) is 20.9. The first kappa shape index (κ1) is 23.2. The van der Waals surface area contributed by atoms with Gasteiger partial charge >= 0.3 is 0 Å². The van der Waals surface area contributed by atoms with Gasteiger partial charge in [-0.15, -0.1) is 11.3 Å². The molecule has 158 valence electrons. The van der Waals surface area contributed by atoms with Crippen molar-refractivity contribution in [3.05, 3.63) is 46.4 Å². The summed E-state index contributed by atoms with van der Waals surface area (Å²) in [5.74, 6) is 0.982. The van der Waals surface area contributed by atoms with Crippen LogP contribution in [-0.2, 0) is 16.0 Å². The molecule has 0 bridgehead atoms. The van der Waals surface area contributed by atoms with Crippen LogP contribution in [0.15, 0.2) is 35.7 Å². The molecular weight excluding hydrogens is 406 g/mol. The number of nitrogens with one attached hydrogen (secondary N) is 2. The van der Waals surface area contributed by atoms with Gasteiger partial charge in [-0.3, -0.25) is 9.59 Å². The molecule has 2 rings (SSSR count). The number of thioether (sulfide) groups is 1. The smallest absolute Gasteiger partial charge is 0.258 e. The van der Waals surface area contributed by atoms with Gasteiger partial charge in [-0.2, -0.15) is 11.8 Å². The molecule has 0 aliphatic carbocycles. The van der Waals surface area contributed by atoms with Gasteiger partial charge in [0.15, 0.2) is 6.61 Å². The molecule has 2 aromatic rings. The number of nitrogens with zero attached hydrogens (tertiary/aromatic N) is 1. The minimum Gasteiger partial charge on any atom is -0.484 e. The highest BCUT2D eigenvalue weighted by Crippen LogP contribution is 2.11. The lowest BCUT2D eigenvalue weighted by atomic mass is 10.2. The summed E-state index contributed by atoms with van der Waals surface area (Å²) in [6.45, 7) is 2.48. The van der Waals surface area contributed by atoms with Crippen LogP contribution in [0.2, 0.25) is 0 Å². The van der Waals surface area contributed by atoms with E-state index in [1.807, 2.05) is 31.4 Å². The first-order valence-electron chi connectivity index (χ1n) is 9.73. The summed E-state index contributed by atoms with van der Waals surface area (Å²) in [7, 11) is 0. The van der Waals surface area contributed by atoms with E-state index >= 15 is 0 Å². The van der Waals surface area contributed by atoms with Crippen LogP contribution >= 0.6 is 23.1 Å². The molecule has 1 aromatic heterocycles. The van der Waals surface area contributed by atoms with Gasteiger partial charge in [0.25, 0.3) is 5.91 Å². The standard InChI is InChI=1S/C21H29N3O3S2/c1-16-15-29-20(23-16)10-6-7-12-22-21(26)18(11-13-28-2)24-19(25)14-27-17-8-4-3-5-9-17/h3-5,8-9,15,18H,6-7,10-14H2,1-2H3,(H,22,26)(H,24,25). The Morgan fingerprint density at radius 2 is 2.03 bits per heavy atom. The lowest BCUT2D eigenvalue weighted by Crippen LogP contribution is -2.48. The van der Waals surface area contributed by atoms with Crippen molar-refractivity contribution < 1.29 is 14.3 Å². The Hall–Kier alpha value is -2.06. The number of aromatic nitrogens is 1. The molecule has 0 spiro atoms. The molecule has 1 atom stereocenters. The SMILES string of the molecule is CSCCC(NC(=O)COc1ccccc1)C(=O)NCCCCc1nc(C)cs1. The van der Waals surface area contributed by atoms with E-state index in [-0.39, 0.29) is 18.4 Å². The second kappa shape index (κ2) is 13.2. The van der Waals surface area contributed by atoms with E-state index in [4.69, 9.17) is 4.74 Å². The Kier molecular flexibility index (Phi) is 10.6. The average Bonchev–Trinajstić information content (AvgIpc) is 3.15. The second-order valence-electron chi connectivity index (χ2n) is 6.63. The van der Waals surface area contributed by atoms with Gasteiger partial charge < -0.3 is 15.4 Å². The van der Waals surface area contributed by atoms with Gasteiger partial charge in [0.2, 0.25) is 5.91 Å². The summed E-state index contributed by atoms with van der Waals surface area (Å²) in [5.41, 5.74) is 1.06. The first-order chi connectivity index (χ1) is 14.1. The summed E-state index contributed by atoms with van der Waals surface area (Å²) in [4.78, 5) is 29.2. The van der Waals surface area contributed by atoms with Crippen LogP contribution in [0.1, 0.15) is 30.0 Å². The Morgan fingerprint density at radius 3 is 2.72 bits per heavy atom. The molecule has 0 aliphatic heterocycles. The normalized spacial score (nSPS) is 11.7. The summed E-state index contributed by atoms with van der Waals surface area (Å²) in [5, 5.41) is 8.92. The largest absolute Gasteiger partial charge is 0.484 e. The van der Waals surface area contributed by atoms with Crippen molar-refractivity contribution in [1.82, 2.24) is 15.6 Å². The maximum Gasteiger partial charge on any atom is 0.258 e. The quantitative estimate of drug-likeness (QED) is 0.472. The van der Waals surface area contributed by atoms with Crippen molar-refractivity contribution in [2.75, 3.05) is 25.2 Å². The van der Waals surface area contributed by atoms with E-state index < -0.39 is 6.04 Å². The summed E-state index contributed by atoms with van der Waals surface area (Å²) < 4.78 is 5.46. The highest BCUT2D eigenvalue weighted by Gasteiger charge is 2.20. The van der Waals surface area contributed by atoms with Crippen molar-refractivity contribution in [2.45, 2.75) is 38.6 Å². The molecular formula is C21H29N3O3S2. The van der Waals surface area contributed by atoms with Crippen LogP contribution in [0.5, 0.6) is 5.75 Å². The third-order valence-electron chi connectivity index (χ3n) is 4.16. The third kappa shape index (κ3) is 9.32. The molecule has 2 N–H and O–H groups in total. The summed E-state index contributed by atoms with van der Waals surface area (Å²) in [6.07, 6.45) is 5.35. The predicted octanol–water partition coefficient (Wildman–Crippen LogP) is 3.21. The number of carbonyl (C=O) groups excluding carboxylic acids is 2.